The van der Waals surface area contributed by atoms with Gasteiger partial charge in [0.1, 0.15) is 0 Å². The van der Waals surface area contributed by atoms with E-state index in [0.717, 1.165) is 20.0 Å². The van der Waals surface area contributed by atoms with Gasteiger partial charge in [-0.15, -0.1) is 0 Å². The second-order valence-corrected chi connectivity index (χ2v) is 6.45. The van der Waals surface area contributed by atoms with E-state index in [1.54, 1.807) is 0 Å². The van der Waals surface area contributed by atoms with E-state index in [9.17, 15) is 4.79 Å². The van der Waals surface area contributed by atoms with Gasteiger partial charge in [-0.2, -0.15) is 0 Å². The molecule has 17 heavy (non-hydrogen) atoms. The number of halogens is 1. The van der Waals surface area contributed by atoms with Crippen molar-refractivity contribution in [2.75, 3.05) is 0 Å². The van der Waals surface area contributed by atoms with E-state index >= 15 is 0 Å². The Bertz CT molecular complexity index is 635. The fraction of sp³-hybridized carbons (Fsp3) is 0.357. The SMILES string of the molecule is Cc1c(I)c(=O)[nH]c2c(C(C)(C)C)cccc12. The Morgan fingerprint density at radius 1 is 1.24 bits per heavy atom. The van der Waals surface area contributed by atoms with Gasteiger partial charge in [-0.05, 0) is 46.1 Å². The number of benzene rings is 1. The van der Waals surface area contributed by atoms with Crippen molar-refractivity contribution in [1.29, 1.82) is 0 Å². The largest absolute Gasteiger partial charge is 0.321 e. The van der Waals surface area contributed by atoms with Crippen LogP contribution in [0, 0.1) is 10.5 Å². The molecule has 1 heterocycles. The zero-order valence-corrected chi connectivity index (χ0v) is 12.7. The zero-order chi connectivity index (χ0) is 12.8. The Kier molecular flexibility index (Phi) is 3.06. The van der Waals surface area contributed by atoms with Crippen molar-refractivity contribution < 1.29 is 0 Å². The summed E-state index contributed by atoms with van der Waals surface area (Å²) in [6.07, 6.45) is 0. The van der Waals surface area contributed by atoms with Crippen molar-refractivity contribution in [2.24, 2.45) is 0 Å². The van der Waals surface area contributed by atoms with Gasteiger partial charge in [0.05, 0.1) is 9.09 Å². The average molecular weight is 341 g/mol. The number of H-pyrrole nitrogens is 1. The van der Waals surface area contributed by atoms with Crippen molar-refractivity contribution in [3.05, 3.63) is 43.2 Å². The first kappa shape index (κ1) is 12.6. The topological polar surface area (TPSA) is 32.9 Å². The Morgan fingerprint density at radius 2 is 1.88 bits per heavy atom. The maximum Gasteiger partial charge on any atom is 0.262 e. The molecule has 3 heteroatoms. The molecule has 0 aliphatic carbocycles. The Balaban J connectivity index is 2.97. The van der Waals surface area contributed by atoms with Crippen LogP contribution in [0.4, 0.5) is 0 Å². The van der Waals surface area contributed by atoms with Crippen molar-refractivity contribution in [3.63, 3.8) is 0 Å². The van der Waals surface area contributed by atoms with Gasteiger partial charge in [-0.3, -0.25) is 4.79 Å². The summed E-state index contributed by atoms with van der Waals surface area (Å²) >= 11 is 2.11. The van der Waals surface area contributed by atoms with Crippen molar-refractivity contribution in [1.82, 2.24) is 4.98 Å². The van der Waals surface area contributed by atoms with Crippen LogP contribution in [0.1, 0.15) is 31.9 Å². The number of aromatic amines is 1. The quantitative estimate of drug-likeness (QED) is 0.728. The number of hydrogen-bond acceptors (Lipinski definition) is 1. The highest BCUT2D eigenvalue weighted by atomic mass is 127. The van der Waals surface area contributed by atoms with Gasteiger partial charge in [0, 0.05) is 5.39 Å². The van der Waals surface area contributed by atoms with Crippen LogP contribution in [0.5, 0.6) is 0 Å². The third kappa shape index (κ3) is 2.12. The van der Waals surface area contributed by atoms with Crippen LogP contribution in [-0.2, 0) is 5.41 Å². The standard InChI is InChI=1S/C14H16INO/c1-8-9-6-5-7-10(14(2,3)4)12(9)16-13(17)11(8)15/h5-7H,1-4H3,(H,16,17). The number of aryl methyl sites for hydroxylation is 1. The second kappa shape index (κ2) is 4.12. The number of nitrogens with one attached hydrogen (secondary N) is 1. The summed E-state index contributed by atoms with van der Waals surface area (Å²) in [7, 11) is 0. The molecule has 2 aromatic rings. The molecule has 2 nitrogen and oxygen atoms in total. The maximum absolute atomic E-state index is 11.9. The van der Waals surface area contributed by atoms with Gasteiger partial charge in [-0.25, -0.2) is 0 Å². The molecule has 0 saturated carbocycles. The predicted molar refractivity (Wildman–Crippen MR) is 80.7 cm³/mol. The highest BCUT2D eigenvalue weighted by Gasteiger charge is 2.18. The van der Waals surface area contributed by atoms with Gasteiger partial charge < -0.3 is 4.98 Å². The summed E-state index contributed by atoms with van der Waals surface area (Å²) in [5.41, 5.74) is 3.26. The first-order valence-electron chi connectivity index (χ1n) is 5.64. The van der Waals surface area contributed by atoms with Crippen LogP contribution >= 0.6 is 22.6 Å². The molecular weight excluding hydrogens is 325 g/mol. The summed E-state index contributed by atoms with van der Waals surface area (Å²) in [5, 5.41) is 1.14. The molecule has 0 aliphatic rings. The van der Waals surface area contributed by atoms with Crippen LogP contribution in [0.2, 0.25) is 0 Å². The summed E-state index contributed by atoms with van der Waals surface area (Å²) in [4.78, 5) is 14.9. The molecule has 2 rings (SSSR count). The molecule has 0 spiro atoms. The molecule has 1 aromatic heterocycles. The predicted octanol–water partition coefficient (Wildman–Crippen LogP) is 3.74. The number of rotatable bonds is 0. The van der Waals surface area contributed by atoms with Gasteiger partial charge in [-0.1, -0.05) is 39.0 Å². The maximum atomic E-state index is 11.9. The van der Waals surface area contributed by atoms with Gasteiger partial charge in [0.25, 0.3) is 5.56 Å². The van der Waals surface area contributed by atoms with Crippen LogP contribution in [-0.4, -0.2) is 4.98 Å². The molecule has 90 valence electrons. The van der Waals surface area contributed by atoms with E-state index in [1.165, 1.54) is 5.56 Å². The first-order chi connectivity index (χ1) is 7.82. The lowest BCUT2D eigenvalue weighted by Gasteiger charge is -2.21. The third-order valence-corrected chi connectivity index (χ3v) is 4.34. The average Bonchev–Trinajstić information content (AvgIpc) is 2.24. The summed E-state index contributed by atoms with van der Waals surface area (Å²) in [6, 6.07) is 6.22. The third-order valence-electron chi connectivity index (χ3n) is 3.04. The number of aromatic nitrogens is 1. The number of pyridine rings is 1. The van der Waals surface area contributed by atoms with Crippen molar-refractivity contribution >= 4 is 33.5 Å². The van der Waals surface area contributed by atoms with E-state index in [0.29, 0.717) is 0 Å². The highest BCUT2D eigenvalue weighted by molar-refractivity contribution is 14.1. The monoisotopic (exact) mass is 341 g/mol. The minimum absolute atomic E-state index is 0.00676. The van der Waals surface area contributed by atoms with E-state index in [4.69, 9.17) is 0 Å². The van der Waals surface area contributed by atoms with Crippen LogP contribution in [0.15, 0.2) is 23.0 Å². The van der Waals surface area contributed by atoms with Gasteiger partial charge in [0.2, 0.25) is 0 Å². The molecule has 1 N–H and O–H groups in total. The lowest BCUT2D eigenvalue weighted by molar-refractivity contribution is 0.594. The van der Waals surface area contributed by atoms with E-state index < -0.39 is 0 Å². The molecular formula is C14H16INO. The van der Waals surface area contributed by atoms with Crippen molar-refractivity contribution in [2.45, 2.75) is 33.1 Å². The molecule has 0 aliphatic heterocycles. The highest BCUT2D eigenvalue weighted by Crippen LogP contribution is 2.30. The number of hydrogen-bond donors (Lipinski definition) is 1. The van der Waals surface area contributed by atoms with Crippen LogP contribution in [0.25, 0.3) is 10.9 Å². The Hall–Kier alpha value is -0.840. The smallest absolute Gasteiger partial charge is 0.262 e. The molecule has 0 saturated heterocycles. The van der Waals surface area contributed by atoms with E-state index in [1.807, 2.05) is 6.92 Å². The lowest BCUT2D eigenvalue weighted by atomic mass is 9.85. The molecule has 1 aromatic carbocycles. The normalized spacial score (nSPS) is 12.1. The Labute approximate surface area is 115 Å². The molecule has 0 radical (unpaired) electrons. The number of para-hydroxylation sites is 1. The van der Waals surface area contributed by atoms with E-state index in [-0.39, 0.29) is 11.0 Å². The lowest BCUT2D eigenvalue weighted by Crippen LogP contribution is -2.17. The van der Waals surface area contributed by atoms with Gasteiger partial charge in [0.15, 0.2) is 0 Å². The summed E-state index contributed by atoms with van der Waals surface area (Å²) in [5.74, 6) is 0. The van der Waals surface area contributed by atoms with Crippen molar-refractivity contribution in [3.8, 4) is 0 Å². The summed E-state index contributed by atoms with van der Waals surface area (Å²) < 4.78 is 0.779. The zero-order valence-electron chi connectivity index (χ0n) is 10.5. The number of fused-ring (bicyclic) bond motifs is 1. The van der Waals surface area contributed by atoms with Crippen LogP contribution in [0.3, 0.4) is 0 Å². The molecule has 0 bridgehead atoms. The van der Waals surface area contributed by atoms with Gasteiger partial charge >= 0.3 is 0 Å². The molecule has 0 unspecified atom stereocenters. The second-order valence-electron chi connectivity index (χ2n) is 5.37. The van der Waals surface area contributed by atoms with Crippen LogP contribution < -0.4 is 5.56 Å². The molecule has 0 fully saturated rings. The first-order valence-corrected chi connectivity index (χ1v) is 6.72. The minimum atomic E-state index is 0.00676. The minimum Gasteiger partial charge on any atom is -0.321 e. The molecule has 0 atom stereocenters. The molecule has 0 amide bonds. The summed E-state index contributed by atoms with van der Waals surface area (Å²) in [6.45, 7) is 8.49. The van der Waals surface area contributed by atoms with E-state index in [2.05, 4.69) is 66.5 Å². The Morgan fingerprint density at radius 3 is 2.47 bits per heavy atom. The fourth-order valence-electron chi connectivity index (χ4n) is 2.08. The fourth-order valence-corrected chi connectivity index (χ4v) is 2.51.